The molecule has 7 aliphatic rings. The first-order chi connectivity index (χ1) is 49.6. The van der Waals surface area contributed by atoms with Gasteiger partial charge in [0.05, 0.1) is 87.3 Å². The number of carbonyl (C=O) groups is 5. The third kappa shape index (κ3) is 14.0. The van der Waals surface area contributed by atoms with Crippen LogP contribution in [0.3, 0.4) is 0 Å². The van der Waals surface area contributed by atoms with Crippen molar-refractivity contribution in [2.45, 2.75) is 188 Å². The summed E-state index contributed by atoms with van der Waals surface area (Å²) in [4.78, 5) is 113. The highest BCUT2D eigenvalue weighted by atomic mass is 19.1. The van der Waals surface area contributed by atoms with Gasteiger partial charge in [-0.3, -0.25) is 33.6 Å². The number of pyridine rings is 1. The molecule has 2 saturated heterocycles. The number of aromatic nitrogens is 2. The van der Waals surface area contributed by atoms with Crippen molar-refractivity contribution in [2.24, 2.45) is 29.1 Å². The van der Waals surface area contributed by atoms with Crippen LogP contribution in [0.2, 0.25) is 0 Å². The number of carboxylic acid groups (broad SMARTS) is 2. The van der Waals surface area contributed by atoms with Crippen molar-refractivity contribution < 1.29 is 106 Å². The number of aliphatic hydroxyl groups is 3. The molecule has 562 valence electrons. The van der Waals surface area contributed by atoms with Gasteiger partial charge in [0.25, 0.3) is 5.91 Å². The van der Waals surface area contributed by atoms with Crippen LogP contribution in [0.4, 0.5) is 15.8 Å². The molecule has 8 heterocycles. The smallest absolute Gasteiger partial charge is 0.341 e. The summed E-state index contributed by atoms with van der Waals surface area (Å²) in [5.41, 5.74) is -6.72. The molecular weight excluding hydrogens is 1370 g/mol. The number of phenols is 1. The Balaban J connectivity index is 0.937. The molecule has 2 aromatic heterocycles. The van der Waals surface area contributed by atoms with Crippen molar-refractivity contribution in [1.29, 1.82) is 0 Å². The lowest BCUT2D eigenvalue weighted by molar-refractivity contribution is -0.246. The number of hydrogen-bond donors (Lipinski definition) is 9. The number of esters is 2. The quantitative estimate of drug-likeness (QED) is 0.0197. The van der Waals surface area contributed by atoms with Gasteiger partial charge in [0.2, 0.25) is 16.3 Å². The fourth-order valence-electron chi connectivity index (χ4n) is 15.0. The van der Waals surface area contributed by atoms with Crippen molar-refractivity contribution in [3.63, 3.8) is 0 Å². The number of amides is 1. The highest BCUT2D eigenvalue weighted by molar-refractivity contribution is 6.17. The minimum absolute atomic E-state index is 0.0178. The molecule has 29 nitrogen and oxygen atoms in total. The minimum Gasteiger partial charge on any atom is -0.507 e. The van der Waals surface area contributed by atoms with Crippen LogP contribution < -0.4 is 46.9 Å². The minimum atomic E-state index is -2.20. The van der Waals surface area contributed by atoms with Gasteiger partial charge in [0.15, 0.2) is 34.5 Å². The number of carbonyl (C=O) groups excluding carboxylic acids is 3. The maximum absolute atomic E-state index is 16.3. The van der Waals surface area contributed by atoms with E-state index in [0.29, 0.717) is 31.3 Å². The summed E-state index contributed by atoms with van der Waals surface area (Å²) in [7, 11) is 0. The van der Waals surface area contributed by atoms with Gasteiger partial charge in [0, 0.05) is 91.0 Å². The Kier molecular flexibility index (Phi) is 20.6. The molecule has 1 aliphatic carbocycles. The number of aromatic carboxylic acids is 1. The number of allylic oxidation sites excluding steroid dienone is 2. The zero-order valence-electron chi connectivity index (χ0n) is 59.9. The number of halogens is 1. The van der Waals surface area contributed by atoms with E-state index >= 15 is 9.18 Å². The molecule has 5 bridgehead atoms. The van der Waals surface area contributed by atoms with Gasteiger partial charge in [0.1, 0.15) is 65.8 Å². The second-order valence-electron chi connectivity index (χ2n) is 29.2. The first-order valence-electron chi connectivity index (χ1n) is 34.9. The zero-order chi connectivity index (χ0) is 76.0. The lowest BCUT2D eigenvalue weighted by Crippen LogP contribution is -2.50. The molecule has 1 amide bonds. The molecule has 30 heteroatoms. The number of benzene rings is 4. The Labute approximate surface area is 599 Å². The van der Waals surface area contributed by atoms with E-state index in [2.05, 4.69) is 16.0 Å². The lowest BCUT2D eigenvalue weighted by atomic mass is 9.77. The Morgan fingerprint density at radius 3 is 2.34 bits per heavy atom. The summed E-state index contributed by atoms with van der Waals surface area (Å²) in [5.74, 6) is -13.9. The molecular formula is C75H86FN5O24. The molecule has 13 rings (SSSR count). The van der Waals surface area contributed by atoms with E-state index in [1.165, 1.54) is 98.0 Å². The molecule has 15 atom stereocenters. The van der Waals surface area contributed by atoms with Crippen LogP contribution in [0, 0.1) is 41.8 Å². The SMILES string of the molecule is CC(=O)O[C@H]1[C@H](C)[C@H](O)[C@H](C)[C@@H](O)[C@@H](C(C)OC(=O)C(C)(C)CC(=O)O)/C=C/C=C(/C)C(=O)Nc2c(=O)c3c(O)c(C)c4c(c3c3nc5c(=O)cc(NCCCNC6(c7c(F)cc8c(=O)c(C(=O)O)cn9c8c7OC[C@@H]9C)CC6)cc5oc23)=C(O)[C@@](C)(O/C=C/[C@H](O[C@H]2C[C@@H]3OCO[C@@H]3[C@@H](C)O2)[C@H]1C)O4. The van der Waals surface area contributed by atoms with Gasteiger partial charge in [-0.1, -0.05) is 39.0 Å². The van der Waals surface area contributed by atoms with Crippen LogP contribution >= 0.6 is 0 Å². The molecule has 9 N–H and O–H groups in total. The Hall–Kier alpha value is -9.56. The predicted octanol–water partition coefficient (Wildman–Crippen LogP) is 7.41. The molecule has 0 spiro atoms. The Bertz CT molecular complexity index is 4910. The largest absolute Gasteiger partial charge is 0.507 e. The maximum Gasteiger partial charge on any atom is 0.341 e. The number of rotatable bonds is 16. The van der Waals surface area contributed by atoms with Crippen LogP contribution in [0.25, 0.3) is 49.6 Å². The van der Waals surface area contributed by atoms with E-state index in [-0.39, 0.29) is 98.9 Å². The molecule has 105 heavy (non-hydrogen) atoms. The van der Waals surface area contributed by atoms with Crippen molar-refractivity contribution in [1.82, 2.24) is 14.9 Å². The predicted molar refractivity (Wildman–Crippen MR) is 376 cm³/mol. The third-order valence-electron chi connectivity index (χ3n) is 21.2. The number of aliphatic carboxylic acids is 1. The number of hydrogen-bond acceptors (Lipinski definition) is 25. The second-order valence-corrected chi connectivity index (χ2v) is 29.2. The normalized spacial score (nSPS) is 28.9. The van der Waals surface area contributed by atoms with E-state index in [1.807, 2.05) is 0 Å². The fourth-order valence-corrected chi connectivity index (χ4v) is 15.0. The standard InChI is InChI=1S/C75H86FN5O24/c1-31-15-13-16-41(37(7)101-72(95)73(10,11)27-49(84)85)60(87)34(4)59(86)35(5)64(102-39(9)82)33(3)46(103-50-26-48-66(38(8)100-50)98-30-97-48)17-22-99-74(12)69(91)53-51-52(61(88)36(6)65(53)105-74)63(90)57(80-70(31)92)68-56(51)79-55-45(83)23-40(24-47(55)104-68)77-20-14-21-78-75(18-19-75)54-44(76)25-42-58-67(54)96-29-32(2)81(58)28-43(62(42)89)71(93)94/h13,15-17,22-25,28,32-35,37-38,41,46,48,50,59-60,64,66,77-78,86-88,91H,14,18-21,26-27,29-30H2,1-12H3,(H,80,92)(H,84,85)(H,93,94)/b16-13+,22-17+,31-15-/t32-,33+,34-,35+,37?,38+,41+,46-,48-,50-,59+,60+,64+,66+,74-/m0/s1. The van der Waals surface area contributed by atoms with Gasteiger partial charge in [-0.2, -0.15) is 0 Å². The molecule has 6 aliphatic heterocycles. The zero-order valence-corrected chi connectivity index (χ0v) is 59.9. The summed E-state index contributed by atoms with van der Waals surface area (Å²) in [6.45, 7) is 18.5. The first-order valence-corrected chi connectivity index (χ1v) is 34.9. The van der Waals surface area contributed by atoms with E-state index in [1.54, 1.807) is 32.3 Å². The monoisotopic (exact) mass is 1460 g/mol. The van der Waals surface area contributed by atoms with Gasteiger partial charge < -0.3 is 98.2 Å². The second kappa shape index (κ2) is 28.7. The summed E-state index contributed by atoms with van der Waals surface area (Å²) >= 11 is 0. The number of carboxylic acids is 2. The maximum atomic E-state index is 16.3. The summed E-state index contributed by atoms with van der Waals surface area (Å²) in [6, 6.07) is 3.39. The summed E-state index contributed by atoms with van der Waals surface area (Å²) in [6.07, 6.45) is -0.196. The van der Waals surface area contributed by atoms with E-state index < -0.39 is 188 Å². The lowest BCUT2D eigenvalue weighted by Gasteiger charge is -2.41. The van der Waals surface area contributed by atoms with Crippen LogP contribution in [0.1, 0.15) is 136 Å². The van der Waals surface area contributed by atoms with Crippen molar-refractivity contribution in [2.75, 3.05) is 37.1 Å². The van der Waals surface area contributed by atoms with E-state index in [0.717, 1.165) is 12.3 Å². The summed E-state index contributed by atoms with van der Waals surface area (Å²) in [5, 5.41) is 77.5. The van der Waals surface area contributed by atoms with E-state index in [4.69, 9.17) is 52.0 Å². The van der Waals surface area contributed by atoms with Crippen LogP contribution in [0.5, 0.6) is 17.2 Å². The number of nitrogens with zero attached hydrogens (tertiary/aromatic N) is 2. The van der Waals surface area contributed by atoms with Gasteiger partial charge in [-0.25, -0.2) is 14.2 Å². The summed E-state index contributed by atoms with van der Waals surface area (Å²) < 4.78 is 80.0. The van der Waals surface area contributed by atoms with E-state index in [9.17, 15) is 64.2 Å². The topological polar surface area (TPSA) is 408 Å². The molecule has 6 aromatic rings. The van der Waals surface area contributed by atoms with Gasteiger partial charge in [-0.05, 0) is 86.4 Å². The molecule has 1 saturated carbocycles. The highest BCUT2D eigenvalue weighted by Crippen LogP contribution is 2.53. The molecule has 4 aromatic carbocycles. The molecule has 0 radical (unpaired) electrons. The van der Waals surface area contributed by atoms with Crippen LogP contribution in [-0.2, 0) is 57.9 Å². The van der Waals surface area contributed by atoms with Crippen LogP contribution in [-0.4, -0.2) is 157 Å². The number of aliphatic hydroxyl groups excluding tert-OH is 3. The number of fused-ring (bicyclic) bond motifs is 15. The Morgan fingerprint density at radius 1 is 0.914 bits per heavy atom. The fraction of sp³-hybridized carbons (Fsp3) is 0.507. The Morgan fingerprint density at radius 2 is 1.65 bits per heavy atom. The highest BCUT2D eigenvalue weighted by Gasteiger charge is 2.51. The van der Waals surface area contributed by atoms with Crippen molar-refractivity contribution in [3.05, 3.63) is 119 Å². The van der Waals surface area contributed by atoms with Crippen LogP contribution in [0.15, 0.2) is 79.3 Å². The first kappa shape index (κ1) is 75.1. The number of phenolic OH excluding ortho intramolecular Hbond substituents is 1. The average molecular weight is 1460 g/mol. The number of aromatic hydroxyl groups is 1. The van der Waals surface area contributed by atoms with Crippen molar-refractivity contribution >= 4 is 90.8 Å². The molecule has 3 fully saturated rings. The number of ether oxygens (including phenoxy) is 9. The third-order valence-corrected chi connectivity index (χ3v) is 21.2. The van der Waals surface area contributed by atoms with Crippen molar-refractivity contribution in [3.8, 4) is 17.2 Å². The van der Waals surface area contributed by atoms with Gasteiger partial charge >= 0.3 is 29.7 Å². The molecule has 1 unspecified atom stereocenters. The number of nitrogens with one attached hydrogen (secondary N) is 3. The number of anilines is 2. The van der Waals surface area contributed by atoms with Gasteiger partial charge in [-0.15, -0.1) is 0 Å². The average Bonchev–Trinajstić information content (AvgIpc) is 1.66.